The molecule has 138 valence electrons. The van der Waals surface area contributed by atoms with Gasteiger partial charge in [-0.2, -0.15) is 0 Å². The van der Waals surface area contributed by atoms with Gasteiger partial charge in [-0.15, -0.1) is 0 Å². The molecule has 1 aromatic rings. The third kappa shape index (κ3) is 5.17. The van der Waals surface area contributed by atoms with E-state index in [4.69, 9.17) is 15.2 Å². The van der Waals surface area contributed by atoms with Crippen LogP contribution in [0.2, 0.25) is 0 Å². The van der Waals surface area contributed by atoms with Crippen molar-refractivity contribution in [3.63, 3.8) is 0 Å². The number of carbonyl (C=O) groups is 2. The fourth-order valence-corrected chi connectivity index (χ4v) is 3.26. The van der Waals surface area contributed by atoms with Gasteiger partial charge in [0.15, 0.2) is 0 Å². The maximum absolute atomic E-state index is 13.0. The van der Waals surface area contributed by atoms with Gasteiger partial charge in [-0.25, -0.2) is 4.79 Å². The second-order valence-electron chi connectivity index (χ2n) is 6.43. The summed E-state index contributed by atoms with van der Waals surface area (Å²) in [7, 11) is 3.26. The summed E-state index contributed by atoms with van der Waals surface area (Å²) >= 11 is 0. The van der Waals surface area contributed by atoms with Crippen LogP contribution >= 0.6 is 0 Å². The first-order valence-electron chi connectivity index (χ1n) is 8.46. The summed E-state index contributed by atoms with van der Waals surface area (Å²) in [4.78, 5) is 28.1. The van der Waals surface area contributed by atoms with E-state index in [0.717, 1.165) is 18.5 Å². The van der Waals surface area contributed by atoms with E-state index >= 15 is 0 Å². The van der Waals surface area contributed by atoms with Crippen molar-refractivity contribution in [3.8, 4) is 0 Å². The normalized spacial score (nSPS) is 20.9. The highest BCUT2D eigenvalue weighted by atomic mass is 16.6. The molecule has 0 spiro atoms. The average molecular weight is 349 g/mol. The molecule has 7 nitrogen and oxygen atoms in total. The van der Waals surface area contributed by atoms with E-state index in [9.17, 15) is 9.59 Å². The number of ether oxygens (including phenoxy) is 2. The molecule has 1 atom stereocenters. The van der Waals surface area contributed by atoms with Gasteiger partial charge >= 0.3 is 6.09 Å². The lowest BCUT2D eigenvalue weighted by molar-refractivity contribution is -0.156. The zero-order chi connectivity index (χ0) is 18.3. The van der Waals surface area contributed by atoms with Crippen molar-refractivity contribution in [2.45, 2.75) is 25.0 Å². The van der Waals surface area contributed by atoms with Crippen LogP contribution in [0, 0.1) is 0 Å². The molecule has 2 N–H and O–H groups in total. The third-order valence-electron chi connectivity index (χ3n) is 4.45. The van der Waals surface area contributed by atoms with Gasteiger partial charge in [0.25, 0.3) is 5.91 Å². The van der Waals surface area contributed by atoms with Crippen molar-refractivity contribution >= 4 is 12.0 Å². The molecular formula is C18H27N3O4. The molecule has 0 bridgehead atoms. The highest BCUT2D eigenvalue weighted by Crippen LogP contribution is 2.28. The van der Waals surface area contributed by atoms with Gasteiger partial charge in [0.1, 0.15) is 0 Å². The van der Waals surface area contributed by atoms with Crippen LogP contribution < -0.4 is 5.73 Å². The van der Waals surface area contributed by atoms with Gasteiger partial charge in [-0.3, -0.25) is 9.69 Å². The smallest absolute Gasteiger partial charge is 0.405 e. The summed E-state index contributed by atoms with van der Waals surface area (Å²) in [5.41, 5.74) is 5.19. The number of likely N-dealkylation sites (N-methyl/N-ethyl adjacent to an activating group) is 1. The second-order valence-corrected chi connectivity index (χ2v) is 6.43. The number of nitrogens with zero attached hydrogens (tertiary/aromatic N) is 2. The molecule has 2 rings (SSSR count). The average Bonchev–Trinajstić information content (AvgIpc) is 2.59. The minimum Gasteiger partial charge on any atom is -0.432 e. The molecule has 7 heteroatoms. The number of benzene rings is 1. The highest BCUT2D eigenvalue weighted by molar-refractivity contribution is 5.87. The predicted octanol–water partition coefficient (Wildman–Crippen LogP) is 1.22. The third-order valence-corrected chi connectivity index (χ3v) is 4.45. The fraction of sp³-hybridized carbons (Fsp3) is 0.556. The topological polar surface area (TPSA) is 85.1 Å². The number of piperidine rings is 1. The Morgan fingerprint density at radius 3 is 2.68 bits per heavy atom. The number of hydrogen-bond acceptors (Lipinski definition) is 5. The maximum Gasteiger partial charge on any atom is 0.405 e. The van der Waals surface area contributed by atoms with E-state index in [-0.39, 0.29) is 5.91 Å². The van der Waals surface area contributed by atoms with Crippen LogP contribution in [-0.4, -0.2) is 67.8 Å². The van der Waals surface area contributed by atoms with Gasteiger partial charge in [0.2, 0.25) is 5.60 Å². The van der Waals surface area contributed by atoms with E-state index in [0.29, 0.717) is 32.7 Å². The van der Waals surface area contributed by atoms with Crippen molar-refractivity contribution in [1.29, 1.82) is 0 Å². The quantitative estimate of drug-likeness (QED) is 0.800. The summed E-state index contributed by atoms with van der Waals surface area (Å²) in [5, 5.41) is 0. The highest BCUT2D eigenvalue weighted by Gasteiger charge is 2.47. The fourth-order valence-electron chi connectivity index (χ4n) is 3.26. The van der Waals surface area contributed by atoms with Crippen LogP contribution in [0.25, 0.3) is 0 Å². The molecule has 0 aromatic heterocycles. The Labute approximate surface area is 148 Å². The van der Waals surface area contributed by atoms with E-state index in [2.05, 4.69) is 4.90 Å². The van der Waals surface area contributed by atoms with Gasteiger partial charge in [-0.1, -0.05) is 30.3 Å². The van der Waals surface area contributed by atoms with Crippen LogP contribution in [0.3, 0.4) is 0 Å². The van der Waals surface area contributed by atoms with Crippen molar-refractivity contribution in [2.24, 2.45) is 5.73 Å². The Bertz CT molecular complexity index is 581. The lowest BCUT2D eigenvalue weighted by atomic mass is 9.90. The predicted molar refractivity (Wildman–Crippen MR) is 93.9 cm³/mol. The van der Waals surface area contributed by atoms with E-state index < -0.39 is 11.7 Å². The van der Waals surface area contributed by atoms with Gasteiger partial charge in [0, 0.05) is 33.8 Å². The molecule has 2 amide bonds. The minimum absolute atomic E-state index is 0.235. The van der Waals surface area contributed by atoms with Crippen LogP contribution in [0.15, 0.2) is 30.3 Å². The summed E-state index contributed by atoms with van der Waals surface area (Å²) in [6, 6.07) is 10.0. The first-order chi connectivity index (χ1) is 12.0. The maximum atomic E-state index is 13.0. The molecule has 25 heavy (non-hydrogen) atoms. The molecule has 1 heterocycles. The molecule has 0 saturated carbocycles. The number of methoxy groups -OCH3 is 1. The van der Waals surface area contributed by atoms with Crippen LogP contribution in [0.5, 0.6) is 0 Å². The van der Waals surface area contributed by atoms with Gasteiger partial charge in [-0.05, 0) is 24.9 Å². The molecule has 1 unspecified atom stereocenters. The molecule has 1 aliphatic rings. The van der Waals surface area contributed by atoms with E-state index in [1.807, 2.05) is 30.3 Å². The SMILES string of the molecule is COCCN(C)C(=O)C1(OC(N)=O)CCCN(Cc2ccccc2)C1. The molecule has 1 aromatic carbocycles. The number of carbonyl (C=O) groups excluding carboxylic acids is 2. The Balaban J connectivity index is 2.14. The molecule has 1 saturated heterocycles. The summed E-state index contributed by atoms with van der Waals surface area (Å²) in [5.74, 6) is -0.235. The van der Waals surface area contributed by atoms with Crippen molar-refractivity contribution in [3.05, 3.63) is 35.9 Å². The number of nitrogens with two attached hydrogens (primary N) is 1. The largest absolute Gasteiger partial charge is 0.432 e. The first kappa shape index (κ1) is 19.2. The number of primary amides is 1. The zero-order valence-corrected chi connectivity index (χ0v) is 14.9. The van der Waals surface area contributed by atoms with Crippen LogP contribution in [-0.2, 0) is 20.8 Å². The Morgan fingerprint density at radius 2 is 2.04 bits per heavy atom. The molecule has 0 radical (unpaired) electrons. The lowest BCUT2D eigenvalue weighted by Crippen LogP contribution is -2.60. The summed E-state index contributed by atoms with van der Waals surface area (Å²) in [6.45, 7) is 2.72. The van der Waals surface area contributed by atoms with Crippen molar-refractivity contribution in [1.82, 2.24) is 9.80 Å². The minimum atomic E-state index is -1.23. The number of hydrogen-bond donors (Lipinski definition) is 1. The second kappa shape index (κ2) is 8.82. The Kier molecular flexibility index (Phi) is 6.78. The van der Waals surface area contributed by atoms with Gasteiger partial charge < -0.3 is 20.1 Å². The first-order valence-corrected chi connectivity index (χ1v) is 8.46. The Hall–Kier alpha value is -2.12. The molecule has 1 fully saturated rings. The van der Waals surface area contributed by atoms with Gasteiger partial charge in [0.05, 0.1) is 6.61 Å². The molecule has 0 aliphatic carbocycles. The zero-order valence-electron chi connectivity index (χ0n) is 14.9. The standard InChI is InChI=1S/C18H27N3O4/c1-20(11-12-24-2)16(22)18(25-17(19)23)9-6-10-21(14-18)13-15-7-4-3-5-8-15/h3-5,7-8H,6,9-14H2,1-2H3,(H2,19,23). The molecule has 1 aliphatic heterocycles. The lowest BCUT2D eigenvalue weighted by Gasteiger charge is -2.42. The van der Waals surface area contributed by atoms with Crippen molar-refractivity contribution < 1.29 is 19.1 Å². The number of amides is 2. The van der Waals surface area contributed by atoms with Crippen LogP contribution in [0.4, 0.5) is 4.79 Å². The van der Waals surface area contributed by atoms with E-state index in [1.54, 1.807) is 19.1 Å². The number of likely N-dealkylation sites (tertiary alicyclic amines) is 1. The van der Waals surface area contributed by atoms with E-state index in [1.165, 1.54) is 0 Å². The van der Waals surface area contributed by atoms with Crippen LogP contribution in [0.1, 0.15) is 18.4 Å². The summed E-state index contributed by atoms with van der Waals surface area (Å²) in [6.07, 6.45) is 0.302. The number of rotatable bonds is 7. The Morgan fingerprint density at radius 1 is 1.32 bits per heavy atom. The van der Waals surface area contributed by atoms with Crippen molar-refractivity contribution in [2.75, 3.05) is 40.4 Å². The summed E-state index contributed by atoms with van der Waals surface area (Å²) < 4.78 is 10.4. The molecular weight excluding hydrogens is 322 g/mol. The monoisotopic (exact) mass is 349 g/mol.